The van der Waals surface area contributed by atoms with Gasteiger partial charge in [0, 0.05) is 22.1 Å². The van der Waals surface area contributed by atoms with Crippen molar-refractivity contribution in [2.75, 3.05) is 5.32 Å². The van der Waals surface area contributed by atoms with E-state index in [1.54, 1.807) is 18.0 Å². The minimum atomic E-state index is 0.767. The third-order valence-electron chi connectivity index (χ3n) is 2.96. The van der Waals surface area contributed by atoms with Crippen molar-refractivity contribution in [3.05, 3.63) is 76.9 Å². The Morgan fingerprint density at radius 1 is 0.955 bits per heavy atom. The predicted molar refractivity (Wildman–Crippen MR) is 95.5 cm³/mol. The molecule has 1 heterocycles. The number of hydrogen-bond acceptors (Lipinski definition) is 4. The van der Waals surface area contributed by atoms with Crippen LogP contribution in [0.25, 0.3) is 0 Å². The van der Waals surface area contributed by atoms with Crippen molar-refractivity contribution in [2.24, 2.45) is 0 Å². The van der Waals surface area contributed by atoms with Crippen molar-refractivity contribution in [3.63, 3.8) is 0 Å². The topological polar surface area (TPSA) is 37.8 Å². The van der Waals surface area contributed by atoms with E-state index in [0.717, 1.165) is 26.9 Å². The second kappa shape index (κ2) is 7.42. The van der Waals surface area contributed by atoms with Gasteiger partial charge in [0.25, 0.3) is 0 Å². The Balaban J connectivity index is 1.65. The Kier molecular flexibility index (Phi) is 5.08. The molecule has 0 saturated heterocycles. The van der Waals surface area contributed by atoms with E-state index in [1.165, 1.54) is 5.56 Å². The summed E-state index contributed by atoms with van der Waals surface area (Å²) in [5.41, 5.74) is 2.27. The van der Waals surface area contributed by atoms with E-state index in [2.05, 4.69) is 43.3 Å². The average molecular weight is 372 g/mol. The van der Waals surface area contributed by atoms with Crippen LogP contribution in [0.2, 0.25) is 0 Å². The van der Waals surface area contributed by atoms with E-state index < -0.39 is 0 Å². The molecule has 0 aliphatic rings. The van der Waals surface area contributed by atoms with Crippen LogP contribution in [0, 0.1) is 0 Å². The van der Waals surface area contributed by atoms with Gasteiger partial charge in [-0.25, -0.2) is 9.97 Å². The summed E-state index contributed by atoms with van der Waals surface area (Å²) in [5.74, 6) is 1.65. The molecule has 0 spiro atoms. The minimum absolute atomic E-state index is 0.767. The van der Waals surface area contributed by atoms with Crippen molar-refractivity contribution >= 4 is 39.2 Å². The van der Waals surface area contributed by atoms with Crippen LogP contribution in [0.3, 0.4) is 0 Å². The number of nitrogens with zero attached hydrogens (tertiary/aromatic N) is 2. The molecular weight excluding hydrogens is 358 g/mol. The monoisotopic (exact) mass is 371 g/mol. The molecule has 3 aromatic rings. The molecule has 0 unspecified atom stereocenters. The molecule has 0 aliphatic heterocycles. The summed E-state index contributed by atoms with van der Waals surface area (Å²) in [6.07, 6.45) is 1.78. The normalized spacial score (nSPS) is 10.4. The summed E-state index contributed by atoms with van der Waals surface area (Å²) in [6.45, 7) is 0. The lowest BCUT2D eigenvalue weighted by atomic mass is 10.2. The molecule has 0 atom stereocenters. The van der Waals surface area contributed by atoms with E-state index in [-0.39, 0.29) is 0 Å². The smallest absolute Gasteiger partial charge is 0.189 e. The average Bonchev–Trinajstić information content (AvgIpc) is 2.56. The number of hydrogen-bond donors (Lipinski definition) is 1. The molecule has 3 rings (SSSR count). The zero-order valence-corrected chi connectivity index (χ0v) is 14.1. The zero-order valence-electron chi connectivity index (χ0n) is 11.7. The number of thioether (sulfide) groups is 1. The molecule has 110 valence electrons. The molecule has 0 bridgehead atoms. The van der Waals surface area contributed by atoms with Gasteiger partial charge in [-0.3, -0.25) is 0 Å². The molecule has 22 heavy (non-hydrogen) atoms. The number of nitrogens with one attached hydrogen (secondary N) is 1. The molecule has 0 radical (unpaired) electrons. The summed E-state index contributed by atoms with van der Waals surface area (Å²) in [7, 11) is 0. The van der Waals surface area contributed by atoms with Gasteiger partial charge in [0.1, 0.15) is 5.82 Å². The molecule has 1 aromatic heterocycles. The van der Waals surface area contributed by atoms with Crippen LogP contribution < -0.4 is 5.32 Å². The quantitative estimate of drug-likeness (QED) is 0.489. The zero-order chi connectivity index (χ0) is 15.2. The van der Waals surface area contributed by atoms with Crippen molar-refractivity contribution in [1.29, 1.82) is 0 Å². The maximum absolute atomic E-state index is 4.53. The van der Waals surface area contributed by atoms with Gasteiger partial charge in [-0.05, 0) is 35.9 Å². The number of rotatable bonds is 5. The first-order valence-corrected chi connectivity index (χ1v) is 8.60. The second-order valence-corrected chi connectivity index (χ2v) is 6.49. The largest absolute Gasteiger partial charge is 0.340 e. The second-order valence-electron chi connectivity index (χ2n) is 4.63. The fraction of sp³-hybridized carbons (Fsp3) is 0.0588. The number of benzene rings is 2. The SMILES string of the molecule is Brc1ccc(CSc2nccc(Nc3ccccc3)n2)cc1. The minimum Gasteiger partial charge on any atom is -0.340 e. The standard InChI is InChI=1S/C17H14BrN3S/c18-14-8-6-13(7-9-14)12-22-17-19-11-10-16(21-17)20-15-4-2-1-3-5-15/h1-11H,12H2,(H,19,20,21). The molecule has 0 fully saturated rings. The van der Waals surface area contributed by atoms with E-state index in [9.17, 15) is 0 Å². The van der Waals surface area contributed by atoms with Gasteiger partial charge >= 0.3 is 0 Å². The summed E-state index contributed by atoms with van der Waals surface area (Å²) >= 11 is 5.07. The van der Waals surface area contributed by atoms with Gasteiger partial charge in [-0.15, -0.1) is 0 Å². The lowest BCUT2D eigenvalue weighted by Gasteiger charge is -2.06. The molecule has 5 heteroatoms. The van der Waals surface area contributed by atoms with Gasteiger partial charge in [-0.2, -0.15) is 0 Å². The fourth-order valence-corrected chi connectivity index (χ4v) is 2.93. The predicted octanol–water partition coefficient (Wildman–Crippen LogP) is 5.28. The maximum atomic E-state index is 4.53. The van der Waals surface area contributed by atoms with Crippen molar-refractivity contribution in [3.8, 4) is 0 Å². The highest BCUT2D eigenvalue weighted by molar-refractivity contribution is 9.10. The Labute approximate surface area is 142 Å². The third kappa shape index (κ3) is 4.32. The number of halogens is 1. The van der Waals surface area contributed by atoms with Crippen LogP contribution in [-0.2, 0) is 5.75 Å². The van der Waals surface area contributed by atoms with Crippen molar-refractivity contribution in [1.82, 2.24) is 9.97 Å². The van der Waals surface area contributed by atoms with E-state index >= 15 is 0 Å². The van der Waals surface area contributed by atoms with Crippen LogP contribution >= 0.6 is 27.7 Å². The third-order valence-corrected chi connectivity index (χ3v) is 4.42. The summed E-state index contributed by atoms with van der Waals surface area (Å²) in [5, 5.41) is 4.05. The first-order valence-electron chi connectivity index (χ1n) is 6.82. The first-order chi connectivity index (χ1) is 10.8. The highest BCUT2D eigenvalue weighted by Gasteiger charge is 2.02. The fourth-order valence-electron chi connectivity index (χ4n) is 1.88. The van der Waals surface area contributed by atoms with E-state index in [4.69, 9.17) is 0 Å². The van der Waals surface area contributed by atoms with Gasteiger partial charge < -0.3 is 5.32 Å². The number of aromatic nitrogens is 2. The highest BCUT2D eigenvalue weighted by atomic mass is 79.9. The lowest BCUT2D eigenvalue weighted by Crippen LogP contribution is -1.95. The molecule has 0 amide bonds. The van der Waals surface area contributed by atoms with E-state index in [1.807, 2.05) is 48.5 Å². The molecule has 3 nitrogen and oxygen atoms in total. The highest BCUT2D eigenvalue weighted by Crippen LogP contribution is 2.22. The molecule has 0 aliphatic carbocycles. The lowest BCUT2D eigenvalue weighted by molar-refractivity contribution is 0.971. The maximum Gasteiger partial charge on any atom is 0.189 e. The Morgan fingerprint density at radius 2 is 1.73 bits per heavy atom. The summed E-state index contributed by atoms with van der Waals surface area (Å²) in [4.78, 5) is 8.85. The van der Waals surface area contributed by atoms with Crippen LogP contribution in [0.1, 0.15) is 5.56 Å². The van der Waals surface area contributed by atoms with Crippen molar-refractivity contribution < 1.29 is 0 Å². The Hall–Kier alpha value is -1.85. The van der Waals surface area contributed by atoms with Gasteiger partial charge in [0.15, 0.2) is 5.16 Å². The van der Waals surface area contributed by atoms with Crippen LogP contribution in [0.4, 0.5) is 11.5 Å². The molecule has 0 saturated carbocycles. The molecule has 2 aromatic carbocycles. The van der Waals surface area contributed by atoms with Gasteiger partial charge in [0.05, 0.1) is 0 Å². The van der Waals surface area contributed by atoms with E-state index in [0.29, 0.717) is 0 Å². The van der Waals surface area contributed by atoms with Gasteiger partial charge in [0.2, 0.25) is 0 Å². The molecule has 1 N–H and O–H groups in total. The number of anilines is 2. The van der Waals surface area contributed by atoms with Gasteiger partial charge in [-0.1, -0.05) is 58.0 Å². The summed E-state index contributed by atoms with van der Waals surface area (Å²) in [6, 6.07) is 20.2. The Morgan fingerprint density at radius 3 is 2.50 bits per heavy atom. The van der Waals surface area contributed by atoms with Crippen LogP contribution in [-0.4, -0.2) is 9.97 Å². The molecular formula is C17H14BrN3S. The Bertz CT molecular complexity index is 732. The van der Waals surface area contributed by atoms with Crippen LogP contribution in [0.5, 0.6) is 0 Å². The van der Waals surface area contributed by atoms with Crippen molar-refractivity contribution in [2.45, 2.75) is 10.9 Å². The first kappa shape index (κ1) is 15.1. The summed E-state index contributed by atoms with van der Waals surface area (Å²) < 4.78 is 1.09. The van der Waals surface area contributed by atoms with Crippen LogP contribution in [0.15, 0.2) is 76.5 Å². The number of para-hydroxylation sites is 1.